The molecule has 0 aliphatic carbocycles. The molecule has 0 aliphatic heterocycles. The fourth-order valence-electron chi connectivity index (χ4n) is 2.47. The molecule has 172 valence electrons. The van der Waals surface area contributed by atoms with Gasteiger partial charge in [-0.15, -0.1) is 13.0 Å². The Labute approximate surface area is 186 Å². The van der Waals surface area contributed by atoms with Gasteiger partial charge < -0.3 is 4.43 Å². The van der Waals surface area contributed by atoms with Crippen molar-refractivity contribution in [3.05, 3.63) is 47.0 Å². The minimum Gasteiger partial charge on any atom is -0.415 e. The number of nitro benzene ring substituents is 1. The quantitative estimate of drug-likeness (QED) is 0.170. The van der Waals surface area contributed by atoms with Gasteiger partial charge >= 0.3 is 0 Å². The lowest BCUT2D eigenvalue weighted by molar-refractivity contribution is -0.387. The lowest BCUT2D eigenvalue weighted by Crippen LogP contribution is -2.61. The molecule has 0 saturated heterocycles. The number of nitrogens with zero attached hydrogens (tertiary/aromatic N) is 1. The smallest absolute Gasteiger partial charge is 0.289 e. The Kier molecular flexibility index (Phi) is 8.76. The molecule has 1 aromatic rings. The number of terminal acetylenes is 1. The van der Waals surface area contributed by atoms with Gasteiger partial charge in [0.1, 0.15) is 0 Å². The second-order valence-electron chi connectivity index (χ2n) is 8.99. The maximum Gasteiger partial charge on any atom is 0.289 e. The molecule has 0 fully saturated rings. The Morgan fingerprint density at radius 1 is 1.32 bits per heavy atom. The molecule has 0 aromatic heterocycles. The van der Waals surface area contributed by atoms with Crippen LogP contribution in [0.15, 0.2) is 41.8 Å². The second kappa shape index (κ2) is 10.1. The van der Waals surface area contributed by atoms with E-state index in [1.165, 1.54) is 18.2 Å². The first-order valence-corrected chi connectivity index (χ1v) is 14.2. The fraction of sp³-hybridized carbons (Fsp3) is 0.524. The topological polar surface area (TPSA) is 111 Å². The third-order valence-electron chi connectivity index (χ3n) is 5.68. The van der Waals surface area contributed by atoms with Crippen molar-refractivity contribution >= 4 is 24.0 Å². The first-order chi connectivity index (χ1) is 14.1. The van der Waals surface area contributed by atoms with E-state index >= 15 is 0 Å². The van der Waals surface area contributed by atoms with Crippen LogP contribution < -0.4 is 10.0 Å². The number of nitro groups is 1. The lowest BCUT2D eigenvalue weighted by Gasteiger charge is -2.40. The van der Waals surface area contributed by atoms with Gasteiger partial charge in [-0.1, -0.05) is 44.9 Å². The molecule has 0 radical (unpaired) electrons. The number of nitrogens with one attached hydrogen (secondary N) is 2. The van der Waals surface area contributed by atoms with Gasteiger partial charge in [-0.25, -0.2) is 13.1 Å². The van der Waals surface area contributed by atoms with Crippen molar-refractivity contribution in [1.29, 1.82) is 0 Å². The molecule has 31 heavy (non-hydrogen) atoms. The van der Waals surface area contributed by atoms with Crippen LogP contribution in [0, 0.1) is 22.5 Å². The number of hydrogen-bond donors (Lipinski definition) is 2. The third kappa shape index (κ3) is 6.72. The summed E-state index contributed by atoms with van der Waals surface area (Å²) in [7, 11) is -6.51. The maximum atomic E-state index is 13.1. The summed E-state index contributed by atoms with van der Waals surface area (Å²) in [6, 6.07) is 4.28. The van der Waals surface area contributed by atoms with Gasteiger partial charge in [-0.3, -0.25) is 15.4 Å². The summed E-state index contributed by atoms with van der Waals surface area (Å²) in [5.41, 5.74) is -1.65. The van der Waals surface area contributed by atoms with Crippen LogP contribution in [0.25, 0.3) is 0 Å². The fourth-order valence-corrected chi connectivity index (χ4v) is 4.97. The highest BCUT2D eigenvalue weighted by molar-refractivity contribution is 7.89. The van der Waals surface area contributed by atoms with E-state index in [0.717, 1.165) is 6.07 Å². The van der Waals surface area contributed by atoms with Gasteiger partial charge in [0.15, 0.2) is 13.2 Å². The highest BCUT2D eigenvalue weighted by Crippen LogP contribution is 2.37. The number of hydrogen-bond acceptors (Lipinski definition) is 6. The second-order valence-corrected chi connectivity index (χ2v) is 15.5. The van der Waals surface area contributed by atoms with E-state index in [0.29, 0.717) is 6.54 Å². The largest absolute Gasteiger partial charge is 0.415 e. The summed E-state index contributed by atoms with van der Waals surface area (Å²) in [6.45, 7) is 16.0. The van der Waals surface area contributed by atoms with Gasteiger partial charge in [-0.05, 0) is 31.1 Å². The Bertz CT molecular complexity index is 950. The molecule has 8 nitrogen and oxygen atoms in total. The molecule has 1 aromatic carbocycles. The van der Waals surface area contributed by atoms with Crippen molar-refractivity contribution < 1.29 is 17.8 Å². The number of benzene rings is 1. The highest BCUT2D eigenvalue weighted by atomic mass is 32.2. The molecule has 0 amide bonds. The van der Waals surface area contributed by atoms with Crippen LogP contribution in [-0.2, 0) is 14.4 Å². The third-order valence-corrected chi connectivity index (χ3v) is 11.7. The van der Waals surface area contributed by atoms with Crippen molar-refractivity contribution in [2.24, 2.45) is 0 Å². The molecule has 0 aliphatic rings. The molecule has 2 atom stereocenters. The van der Waals surface area contributed by atoms with Gasteiger partial charge in [0.2, 0.25) is 10.0 Å². The van der Waals surface area contributed by atoms with Crippen LogP contribution in [0.1, 0.15) is 27.7 Å². The van der Waals surface area contributed by atoms with Crippen LogP contribution in [0.3, 0.4) is 0 Å². The van der Waals surface area contributed by atoms with Gasteiger partial charge in [0, 0.05) is 12.6 Å². The summed E-state index contributed by atoms with van der Waals surface area (Å²) >= 11 is 0. The average molecular weight is 468 g/mol. The van der Waals surface area contributed by atoms with E-state index in [1.807, 2.05) is 13.1 Å². The van der Waals surface area contributed by atoms with Crippen LogP contribution in [0.4, 0.5) is 5.69 Å². The van der Waals surface area contributed by atoms with Gasteiger partial charge in [0.05, 0.1) is 23.1 Å². The average Bonchev–Trinajstić information content (AvgIpc) is 2.68. The van der Waals surface area contributed by atoms with Crippen LogP contribution in [0.2, 0.25) is 18.1 Å². The van der Waals surface area contributed by atoms with E-state index in [-0.39, 0.29) is 11.6 Å². The normalized spacial score (nSPS) is 15.5. The summed E-state index contributed by atoms with van der Waals surface area (Å²) in [5.74, 6) is 2.62. The zero-order valence-electron chi connectivity index (χ0n) is 19.1. The zero-order valence-corrected chi connectivity index (χ0v) is 20.9. The summed E-state index contributed by atoms with van der Waals surface area (Å²) in [6.07, 6.45) is 7.38. The molecule has 0 spiro atoms. The van der Waals surface area contributed by atoms with Crippen molar-refractivity contribution in [2.75, 3.05) is 13.2 Å². The molecular weight excluding hydrogens is 434 g/mol. The standard InChI is InChI=1S/C21H33N3O5SSi/c1-9-15-22-21(6,10-2)19(16-29-31(7,8)20(3,4)5)23-30(27,28)18-14-12-11-13-17(18)24(25)26/h2,9,11-14,19,22-23H,1,15-16H2,3-8H3/t19-,21-/m1/s1. The van der Waals surface area contributed by atoms with Crippen molar-refractivity contribution in [2.45, 2.75) is 62.3 Å². The first-order valence-electron chi connectivity index (χ1n) is 9.84. The monoisotopic (exact) mass is 467 g/mol. The van der Waals surface area contributed by atoms with E-state index < -0.39 is 45.4 Å². The molecular formula is C21H33N3O5SSi. The molecule has 1 rings (SSSR count). The molecule has 0 unspecified atom stereocenters. The van der Waals surface area contributed by atoms with Gasteiger partial charge in [-0.2, -0.15) is 0 Å². The molecule has 0 saturated carbocycles. The molecule has 2 N–H and O–H groups in total. The summed E-state index contributed by atoms with van der Waals surface area (Å²) in [4.78, 5) is 10.2. The van der Waals surface area contributed by atoms with Crippen LogP contribution >= 0.6 is 0 Å². The SMILES string of the molecule is C#C[C@@](C)(NCC=C)[C@@H](CO[Si](C)(C)C(C)(C)C)NS(=O)(=O)c1ccccc1[N+](=O)[O-]. The van der Waals surface area contributed by atoms with Crippen molar-refractivity contribution in [1.82, 2.24) is 10.0 Å². The predicted octanol–water partition coefficient (Wildman–Crippen LogP) is 3.43. The molecule has 10 heteroatoms. The number of sulfonamides is 1. The summed E-state index contributed by atoms with van der Waals surface area (Å²) in [5, 5.41) is 14.4. The van der Waals surface area contributed by atoms with E-state index in [1.54, 1.807) is 13.0 Å². The van der Waals surface area contributed by atoms with Crippen molar-refractivity contribution in [3.63, 3.8) is 0 Å². The maximum absolute atomic E-state index is 13.1. The minimum atomic E-state index is -4.27. The van der Waals surface area contributed by atoms with Crippen LogP contribution in [-0.4, -0.2) is 46.4 Å². The van der Waals surface area contributed by atoms with E-state index in [2.05, 4.69) is 43.3 Å². The molecule has 0 heterocycles. The van der Waals surface area contributed by atoms with Crippen molar-refractivity contribution in [3.8, 4) is 12.3 Å². The highest BCUT2D eigenvalue weighted by Gasteiger charge is 2.42. The Morgan fingerprint density at radius 2 is 1.90 bits per heavy atom. The minimum absolute atomic E-state index is 0.00119. The lowest BCUT2D eigenvalue weighted by atomic mass is 9.94. The Morgan fingerprint density at radius 3 is 2.39 bits per heavy atom. The molecule has 0 bridgehead atoms. The van der Waals surface area contributed by atoms with E-state index in [4.69, 9.17) is 10.8 Å². The first kappa shape index (κ1) is 27.0. The van der Waals surface area contributed by atoms with Gasteiger partial charge in [0.25, 0.3) is 5.69 Å². The zero-order chi connectivity index (χ0) is 24.1. The number of para-hydroxylation sites is 1. The predicted molar refractivity (Wildman–Crippen MR) is 126 cm³/mol. The Hall–Kier alpha value is -2.03. The Balaban J connectivity index is 3.39. The summed E-state index contributed by atoms with van der Waals surface area (Å²) < 4.78 is 35.1. The van der Waals surface area contributed by atoms with E-state index in [9.17, 15) is 18.5 Å². The van der Waals surface area contributed by atoms with Crippen LogP contribution in [0.5, 0.6) is 0 Å². The number of rotatable bonds is 11.